The first-order chi connectivity index (χ1) is 9.74. The summed E-state index contributed by atoms with van der Waals surface area (Å²) in [4.78, 5) is 4.92. The molecular formula is C13H13F4N3S. The second kappa shape index (κ2) is 5.70. The third-order valence-electron chi connectivity index (χ3n) is 3.00. The highest BCUT2D eigenvalue weighted by Crippen LogP contribution is 2.35. The number of hydrazine groups is 1. The summed E-state index contributed by atoms with van der Waals surface area (Å²) in [6, 6.07) is 2.18. The molecule has 2 rings (SSSR count). The van der Waals surface area contributed by atoms with E-state index >= 15 is 0 Å². The first-order valence-electron chi connectivity index (χ1n) is 6.00. The maximum Gasteiger partial charge on any atom is 0.419 e. The number of nitrogens with one attached hydrogen (secondary N) is 1. The first kappa shape index (κ1) is 15.9. The fourth-order valence-corrected chi connectivity index (χ4v) is 3.09. The molecule has 0 spiro atoms. The van der Waals surface area contributed by atoms with Crippen molar-refractivity contribution >= 4 is 11.3 Å². The third kappa shape index (κ3) is 3.22. The minimum Gasteiger partial charge on any atom is -0.271 e. The zero-order valence-corrected chi connectivity index (χ0v) is 12.1. The van der Waals surface area contributed by atoms with Crippen LogP contribution in [0.3, 0.4) is 0 Å². The molecule has 0 saturated carbocycles. The molecule has 8 heteroatoms. The van der Waals surface area contributed by atoms with Gasteiger partial charge >= 0.3 is 6.18 Å². The molecular weight excluding hydrogens is 306 g/mol. The summed E-state index contributed by atoms with van der Waals surface area (Å²) in [5.41, 5.74) is 2.07. The van der Waals surface area contributed by atoms with Gasteiger partial charge in [-0.1, -0.05) is 6.07 Å². The van der Waals surface area contributed by atoms with Gasteiger partial charge < -0.3 is 0 Å². The Morgan fingerprint density at radius 2 is 1.95 bits per heavy atom. The van der Waals surface area contributed by atoms with Gasteiger partial charge in [0.1, 0.15) is 5.82 Å². The predicted octanol–water partition coefficient (Wildman–Crippen LogP) is 3.47. The number of nitrogens with two attached hydrogens (primary N) is 1. The summed E-state index contributed by atoms with van der Waals surface area (Å²) in [5, 5.41) is 0.779. The number of halogens is 4. The van der Waals surface area contributed by atoms with Crippen LogP contribution in [-0.4, -0.2) is 4.98 Å². The predicted molar refractivity (Wildman–Crippen MR) is 72.2 cm³/mol. The Hall–Kier alpha value is -1.51. The van der Waals surface area contributed by atoms with E-state index in [-0.39, 0.29) is 5.56 Å². The van der Waals surface area contributed by atoms with Crippen molar-refractivity contribution in [1.82, 2.24) is 10.4 Å². The van der Waals surface area contributed by atoms with Crippen LogP contribution in [0, 0.1) is 19.7 Å². The highest BCUT2D eigenvalue weighted by atomic mass is 32.1. The van der Waals surface area contributed by atoms with Crippen LogP contribution in [0.2, 0.25) is 0 Å². The van der Waals surface area contributed by atoms with E-state index in [1.54, 1.807) is 13.8 Å². The molecule has 114 valence electrons. The molecule has 0 aliphatic heterocycles. The van der Waals surface area contributed by atoms with Crippen LogP contribution in [-0.2, 0) is 6.18 Å². The minimum absolute atomic E-state index is 0.234. The Bertz CT molecular complexity index is 651. The summed E-state index contributed by atoms with van der Waals surface area (Å²) in [6.07, 6.45) is -4.75. The third-order valence-corrected chi connectivity index (χ3v) is 4.14. The lowest BCUT2D eigenvalue weighted by Crippen LogP contribution is -2.29. The van der Waals surface area contributed by atoms with Crippen molar-refractivity contribution in [2.45, 2.75) is 26.1 Å². The van der Waals surface area contributed by atoms with Crippen LogP contribution in [0.4, 0.5) is 17.6 Å². The number of aryl methyl sites for hydroxylation is 2. The Morgan fingerprint density at radius 1 is 1.29 bits per heavy atom. The lowest BCUT2D eigenvalue weighted by Gasteiger charge is -2.17. The normalized spacial score (nSPS) is 13.5. The summed E-state index contributed by atoms with van der Waals surface area (Å²) in [6.45, 7) is 3.54. The lowest BCUT2D eigenvalue weighted by molar-refractivity contribution is -0.140. The number of alkyl halides is 3. The van der Waals surface area contributed by atoms with Crippen molar-refractivity contribution in [2.75, 3.05) is 0 Å². The Morgan fingerprint density at radius 3 is 2.43 bits per heavy atom. The molecule has 3 N–H and O–H groups in total. The monoisotopic (exact) mass is 319 g/mol. The average Bonchev–Trinajstić information content (AvgIpc) is 2.70. The van der Waals surface area contributed by atoms with Crippen LogP contribution in [0.15, 0.2) is 18.2 Å². The summed E-state index contributed by atoms with van der Waals surface area (Å²) >= 11 is 1.33. The van der Waals surface area contributed by atoms with Gasteiger partial charge in [0.05, 0.1) is 27.2 Å². The number of aromatic nitrogens is 1. The van der Waals surface area contributed by atoms with E-state index in [0.29, 0.717) is 10.6 Å². The molecule has 1 aromatic heterocycles. The van der Waals surface area contributed by atoms with E-state index in [9.17, 15) is 17.6 Å². The van der Waals surface area contributed by atoms with E-state index < -0.39 is 23.6 Å². The molecule has 1 heterocycles. The molecule has 0 bridgehead atoms. The molecule has 0 amide bonds. The molecule has 0 saturated heterocycles. The average molecular weight is 319 g/mol. The zero-order chi connectivity index (χ0) is 15.8. The number of nitrogens with zero attached hydrogens (tertiary/aromatic N) is 1. The SMILES string of the molecule is Cc1nc(C)c(C(NN)c2ccc(F)c(C(F)(F)F)c2)s1. The second-order valence-electron chi connectivity index (χ2n) is 4.52. The number of rotatable bonds is 3. The maximum atomic E-state index is 13.3. The van der Waals surface area contributed by atoms with Gasteiger partial charge in [0.15, 0.2) is 0 Å². The molecule has 21 heavy (non-hydrogen) atoms. The van der Waals surface area contributed by atoms with Gasteiger partial charge in [-0.3, -0.25) is 5.84 Å². The highest BCUT2D eigenvalue weighted by Gasteiger charge is 2.35. The van der Waals surface area contributed by atoms with Crippen LogP contribution in [0.5, 0.6) is 0 Å². The molecule has 0 radical (unpaired) electrons. The van der Waals surface area contributed by atoms with E-state index in [1.807, 2.05) is 0 Å². The van der Waals surface area contributed by atoms with Gasteiger partial charge in [0.25, 0.3) is 0 Å². The lowest BCUT2D eigenvalue weighted by atomic mass is 10.0. The van der Waals surface area contributed by atoms with Gasteiger partial charge in [-0.15, -0.1) is 11.3 Å². The fraction of sp³-hybridized carbons (Fsp3) is 0.308. The first-order valence-corrected chi connectivity index (χ1v) is 6.82. The van der Waals surface area contributed by atoms with E-state index in [4.69, 9.17) is 5.84 Å². The van der Waals surface area contributed by atoms with Crippen LogP contribution in [0.25, 0.3) is 0 Å². The molecule has 0 aliphatic carbocycles. The number of hydrogen-bond acceptors (Lipinski definition) is 4. The molecule has 0 aliphatic rings. The van der Waals surface area contributed by atoms with Crippen LogP contribution >= 0.6 is 11.3 Å². The van der Waals surface area contributed by atoms with Gasteiger partial charge in [-0.25, -0.2) is 14.8 Å². The number of hydrogen-bond donors (Lipinski definition) is 2. The fourth-order valence-electron chi connectivity index (χ4n) is 2.08. The maximum absolute atomic E-state index is 13.3. The number of thiazole rings is 1. The zero-order valence-electron chi connectivity index (χ0n) is 11.3. The summed E-state index contributed by atoms with van der Waals surface area (Å²) < 4.78 is 51.7. The van der Waals surface area contributed by atoms with E-state index in [2.05, 4.69) is 10.4 Å². The van der Waals surface area contributed by atoms with Gasteiger partial charge in [0, 0.05) is 0 Å². The molecule has 3 nitrogen and oxygen atoms in total. The standard InChI is InChI=1S/C13H13F4N3S/c1-6-12(21-7(2)19-6)11(20-18)8-3-4-10(14)9(5-8)13(15,16)17/h3-5,11,20H,18H2,1-2H3. The summed E-state index contributed by atoms with van der Waals surface area (Å²) in [5.74, 6) is 4.16. The van der Waals surface area contributed by atoms with E-state index in [0.717, 1.165) is 17.1 Å². The van der Waals surface area contributed by atoms with Gasteiger partial charge in [-0.05, 0) is 31.5 Å². The largest absolute Gasteiger partial charge is 0.419 e. The van der Waals surface area contributed by atoms with Crippen molar-refractivity contribution in [3.05, 3.63) is 50.7 Å². The minimum atomic E-state index is -4.75. The van der Waals surface area contributed by atoms with Crippen molar-refractivity contribution in [3.8, 4) is 0 Å². The Kier molecular flexibility index (Phi) is 4.31. The summed E-state index contributed by atoms with van der Waals surface area (Å²) in [7, 11) is 0. The Balaban J connectivity index is 2.51. The van der Waals surface area contributed by atoms with Crippen molar-refractivity contribution in [1.29, 1.82) is 0 Å². The van der Waals surface area contributed by atoms with Crippen molar-refractivity contribution < 1.29 is 17.6 Å². The van der Waals surface area contributed by atoms with Gasteiger partial charge in [0.2, 0.25) is 0 Å². The van der Waals surface area contributed by atoms with Crippen molar-refractivity contribution in [3.63, 3.8) is 0 Å². The number of benzene rings is 1. The smallest absolute Gasteiger partial charge is 0.271 e. The van der Waals surface area contributed by atoms with Crippen LogP contribution < -0.4 is 11.3 Å². The highest BCUT2D eigenvalue weighted by molar-refractivity contribution is 7.11. The van der Waals surface area contributed by atoms with E-state index in [1.165, 1.54) is 17.4 Å². The van der Waals surface area contributed by atoms with Crippen LogP contribution in [0.1, 0.15) is 32.7 Å². The van der Waals surface area contributed by atoms with Crippen molar-refractivity contribution in [2.24, 2.45) is 5.84 Å². The molecule has 1 aromatic carbocycles. The topological polar surface area (TPSA) is 50.9 Å². The molecule has 0 fully saturated rings. The molecule has 2 aromatic rings. The quantitative estimate of drug-likeness (QED) is 0.517. The second-order valence-corrected chi connectivity index (χ2v) is 5.75. The molecule has 1 unspecified atom stereocenters. The Labute approximate surface area is 122 Å². The molecule has 1 atom stereocenters. The van der Waals surface area contributed by atoms with Gasteiger partial charge in [-0.2, -0.15) is 13.2 Å².